The second-order valence-corrected chi connectivity index (χ2v) is 3.71. The molecule has 0 aromatic rings. The molecule has 0 bridgehead atoms. The third kappa shape index (κ3) is 3.21. The number of hydrogen-bond acceptors (Lipinski definition) is 1. The van der Waals surface area contributed by atoms with E-state index in [0.29, 0.717) is 23.4 Å². The van der Waals surface area contributed by atoms with Crippen molar-refractivity contribution in [3.8, 4) is 0 Å². The average molecular weight is 159 g/mol. The summed E-state index contributed by atoms with van der Waals surface area (Å²) in [6, 6.07) is 0.236. The fraction of sp³-hybridized carbons (Fsp3) is 1.00. The zero-order valence-corrected chi connectivity index (χ0v) is 8.35. The van der Waals surface area contributed by atoms with Gasteiger partial charge in [-0.1, -0.05) is 20.8 Å². The van der Waals surface area contributed by atoms with Crippen molar-refractivity contribution in [3.63, 3.8) is 0 Å². The van der Waals surface area contributed by atoms with E-state index in [1.807, 2.05) is 13.8 Å². The number of quaternary nitrogens is 1. The Morgan fingerprint density at radius 1 is 1.18 bits per heavy atom. The van der Waals surface area contributed by atoms with Crippen LogP contribution in [0.15, 0.2) is 0 Å². The molecule has 0 aliphatic heterocycles. The van der Waals surface area contributed by atoms with E-state index in [9.17, 15) is 5.21 Å². The van der Waals surface area contributed by atoms with Gasteiger partial charge in [0.25, 0.3) is 0 Å². The number of hydrogen-bond donors (Lipinski definition) is 1. The fourth-order valence-electron chi connectivity index (χ4n) is 1.19. The molecule has 0 amide bonds. The maximum absolute atomic E-state index is 11.3. The van der Waals surface area contributed by atoms with Crippen LogP contribution in [0.3, 0.4) is 0 Å². The van der Waals surface area contributed by atoms with Gasteiger partial charge in [0.1, 0.15) is 0 Å². The molecule has 0 radical (unpaired) electrons. The monoisotopic (exact) mass is 159 g/mol. The summed E-state index contributed by atoms with van der Waals surface area (Å²) in [5.41, 5.74) is 0. The Morgan fingerprint density at radius 2 is 1.64 bits per heavy atom. The van der Waals surface area contributed by atoms with Gasteiger partial charge >= 0.3 is 0 Å². The molecule has 0 saturated heterocycles. The lowest BCUT2D eigenvalue weighted by Crippen LogP contribution is -3.11. The minimum absolute atomic E-state index is 0.236. The molecule has 0 aromatic carbocycles. The van der Waals surface area contributed by atoms with Gasteiger partial charge in [-0.25, -0.2) is 0 Å². The number of rotatable bonds is 4. The van der Waals surface area contributed by atoms with E-state index in [1.165, 1.54) is 0 Å². The zero-order chi connectivity index (χ0) is 9.02. The second-order valence-electron chi connectivity index (χ2n) is 3.71. The van der Waals surface area contributed by atoms with Crippen molar-refractivity contribution in [1.29, 1.82) is 0 Å². The van der Waals surface area contributed by atoms with E-state index < -0.39 is 0 Å². The topological polar surface area (TPSA) is 27.5 Å². The van der Waals surface area contributed by atoms with Crippen molar-refractivity contribution < 1.29 is 5.06 Å². The molecule has 0 rings (SSSR count). The van der Waals surface area contributed by atoms with Gasteiger partial charge in [0.2, 0.25) is 0 Å². The molecule has 0 heterocycles. The molecular weight excluding hydrogens is 138 g/mol. The molecular formula is C9H21NO. The molecule has 2 unspecified atom stereocenters. The highest BCUT2D eigenvalue weighted by molar-refractivity contribution is 4.63. The molecule has 2 heteroatoms. The number of nitrogens with one attached hydrogen (secondary N) is 1. The van der Waals surface area contributed by atoms with Crippen molar-refractivity contribution in [2.24, 2.45) is 11.8 Å². The molecule has 0 saturated carbocycles. The smallest absolute Gasteiger partial charge is 0.0871 e. The predicted octanol–water partition coefficient (Wildman–Crippen LogP) is 1.07. The zero-order valence-electron chi connectivity index (χ0n) is 8.35. The summed E-state index contributed by atoms with van der Waals surface area (Å²) >= 11 is 0. The molecule has 0 fully saturated rings. The summed E-state index contributed by atoms with van der Waals surface area (Å²) < 4.78 is 0. The second kappa shape index (κ2) is 4.73. The summed E-state index contributed by atoms with van der Waals surface area (Å²) in [4.78, 5) is 0. The van der Waals surface area contributed by atoms with Gasteiger partial charge in [-0.05, 0) is 19.8 Å². The van der Waals surface area contributed by atoms with Crippen LogP contribution in [0.1, 0.15) is 34.6 Å². The first-order valence-electron chi connectivity index (χ1n) is 4.53. The van der Waals surface area contributed by atoms with Gasteiger partial charge in [0, 0.05) is 5.92 Å². The van der Waals surface area contributed by atoms with E-state index in [4.69, 9.17) is 0 Å². The Labute approximate surface area is 70.2 Å². The van der Waals surface area contributed by atoms with E-state index in [1.54, 1.807) is 0 Å². The summed E-state index contributed by atoms with van der Waals surface area (Å²) in [5, 5.41) is 11.7. The molecule has 68 valence electrons. The Morgan fingerprint density at radius 3 is 1.91 bits per heavy atom. The van der Waals surface area contributed by atoms with Gasteiger partial charge < -0.3 is 10.3 Å². The first kappa shape index (κ1) is 10.9. The predicted molar refractivity (Wildman–Crippen MR) is 48.3 cm³/mol. The van der Waals surface area contributed by atoms with Crippen molar-refractivity contribution >= 4 is 0 Å². The van der Waals surface area contributed by atoms with E-state index in [2.05, 4.69) is 20.8 Å². The van der Waals surface area contributed by atoms with Crippen LogP contribution in [0.4, 0.5) is 0 Å². The normalized spacial score (nSPS) is 19.9. The van der Waals surface area contributed by atoms with E-state index in [-0.39, 0.29) is 6.04 Å². The summed E-state index contributed by atoms with van der Waals surface area (Å²) in [5.74, 6) is 1.13. The molecule has 1 N–H and O–H groups in total. The van der Waals surface area contributed by atoms with Crippen LogP contribution >= 0.6 is 0 Å². The minimum Gasteiger partial charge on any atom is -0.634 e. The average Bonchev–Trinajstić information content (AvgIpc) is 2.00. The minimum atomic E-state index is 0.236. The van der Waals surface area contributed by atoms with Gasteiger partial charge in [0.05, 0.1) is 12.6 Å². The highest BCUT2D eigenvalue weighted by Gasteiger charge is 2.19. The van der Waals surface area contributed by atoms with Crippen LogP contribution in [0, 0.1) is 17.0 Å². The molecule has 3 atom stereocenters. The lowest BCUT2D eigenvalue weighted by Gasteiger charge is -2.33. The molecule has 0 aromatic heterocycles. The first-order valence-corrected chi connectivity index (χ1v) is 4.53. The lowest BCUT2D eigenvalue weighted by atomic mass is 9.91. The Hall–Kier alpha value is -0.0800. The van der Waals surface area contributed by atoms with Crippen LogP contribution in [-0.2, 0) is 0 Å². The largest absolute Gasteiger partial charge is 0.634 e. The standard InChI is InChI=1S/C9H21NO/c1-6-10(11)9(5)8(4)7(2)3/h7-10H,6H2,1-5H3/t8-,9?/m0/s1. The Bertz CT molecular complexity index is 104. The van der Waals surface area contributed by atoms with Gasteiger partial charge in [-0.3, -0.25) is 0 Å². The molecule has 11 heavy (non-hydrogen) atoms. The highest BCUT2D eigenvalue weighted by atomic mass is 16.5. The summed E-state index contributed by atoms with van der Waals surface area (Å²) in [6.07, 6.45) is 0. The lowest BCUT2D eigenvalue weighted by molar-refractivity contribution is -0.876. The van der Waals surface area contributed by atoms with Gasteiger partial charge in [-0.2, -0.15) is 0 Å². The van der Waals surface area contributed by atoms with Gasteiger partial charge in [-0.15, -0.1) is 0 Å². The van der Waals surface area contributed by atoms with Crippen molar-refractivity contribution in [3.05, 3.63) is 5.21 Å². The Kier molecular flexibility index (Phi) is 4.69. The quantitative estimate of drug-likeness (QED) is 0.610. The maximum Gasteiger partial charge on any atom is 0.0871 e. The van der Waals surface area contributed by atoms with Gasteiger partial charge in [0.15, 0.2) is 0 Å². The van der Waals surface area contributed by atoms with Crippen LogP contribution in [0.25, 0.3) is 0 Å². The molecule has 0 spiro atoms. The van der Waals surface area contributed by atoms with Crippen molar-refractivity contribution in [2.45, 2.75) is 40.7 Å². The summed E-state index contributed by atoms with van der Waals surface area (Å²) in [7, 11) is 0. The Balaban J connectivity index is 3.90. The third-order valence-corrected chi connectivity index (χ3v) is 2.70. The van der Waals surface area contributed by atoms with Crippen molar-refractivity contribution in [1.82, 2.24) is 0 Å². The highest BCUT2D eigenvalue weighted by Crippen LogP contribution is 2.11. The molecule has 0 aliphatic carbocycles. The van der Waals surface area contributed by atoms with E-state index in [0.717, 1.165) is 0 Å². The van der Waals surface area contributed by atoms with Crippen LogP contribution in [0.2, 0.25) is 0 Å². The number of hydroxylamine groups is 2. The van der Waals surface area contributed by atoms with Crippen molar-refractivity contribution in [2.75, 3.05) is 6.54 Å². The van der Waals surface area contributed by atoms with Crippen LogP contribution in [-0.4, -0.2) is 12.6 Å². The summed E-state index contributed by atoms with van der Waals surface area (Å²) in [6.45, 7) is 11.2. The first-order chi connectivity index (χ1) is 5.00. The maximum atomic E-state index is 11.3. The third-order valence-electron chi connectivity index (χ3n) is 2.70. The van der Waals surface area contributed by atoms with Crippen LogP contribution in [0.5, 0.6) is 0 Å². The van der Waals surface area contributed by atoms with Crippen LogP contribution < -0.4 is 5.06 Å². The fourth-order valence-corrected chi connectivity index (χ4v) is 1.19. The molecule has 2 nitrogen and oxygen atoms in total. The molecule has 0 aliphatic rings. The SMILES string of the molecule is CC[NH+]([O-])C(C)[C@@H](C)C(C)C. The van der Waals surface area contributed by atoms with E-state index >= 15 is 0 Å².